The molecular weight excluding hydrogens is 395 g/mol. The Bertz CT molecular complexity index is 1000. The summed E-state index contributed by atoms with van der Waals surface area (Å²) in [5, 5.41) is 6.57. The summed E-state index contributed by atoms with van der Waals surface area (Å²) < 4.78 is 20.0. The number of benzene rings is 2. The number of hydrogen-bond donors (Lipinski definition) is 0. The lowest BCUT2D eigenvalue weighted by Crippen LogP contribution is -2.48. The standard InChI is InChI=1S/C24H27FN4O2/c1-27-12-10-18(11-13-27)28(2)24(30)23-22(16-6-4-3-5-7-16)20-15-31-21-9-8-17(25)14-19(21)29(20)26-23/h3-9,14,18,20,22H,10-13,15H2,1-2H3/t20-,22+/m0/s1. The van der Waals surface area contributed by atoms with Crippen molar-refractivity contribution in [3.8, 4) is 5.75 Å². The van der Waals surface area contributed by atoms with Crippen LogP contribution in [0.15, 0.2) is 53.6 Å². The highest BCUT2D eigenvalue weighted by molar-refractivity contribution is 6.42. The first-order valence-electron chi connectivity index (χ1n) is 10.8. The average molecular weight is 423 g/mol. The molecule has 5 rings (SSSR count). The van der Waals surface area contributed by atoms with Crippen molar-refractivity contribution in [3.63, 3.8) is 0 Å². The van der Waals surface area contributed by atoms with E-state index in [4.69, 9.17) is 9.84 Å². The van der Waals surface area contributed by atoms with E-state index in [2.05, 4.69) is 11.9 Å². The molecule has 0 spiro atoms. The molecule has 0 aromatic heterocycles. The number of piperidine rings is 1. The van der Waals surface area contributed by atoms with Gasteiger partial charge in [0.05, 0.1) is 12.0 Å². The molecule has 3 heterocycles. The second-order valence-corrected chi connectivity index (χ2v) is 8.66. The van der Waals surface area contributed by atoms with Crippen LogP contribution >= 0.6 is 0 Å². The first-order valence-corrected chi connectivity index (χ1v) is 10.8. The molecule has 2 aromatic carbocycles. The van der Waals surface area contributed by atoms with Gasteiger partial charge in [-0.05, 0) is 50.7 Å². The molecule has 0 radical (unpaired) electrons. The van der Waals surface area contributed by atoms with Crippen molar-refractivity contribution < 1.29 is 13.9 Å². The lowest BCUT2D eigenvalue weighted by molar-refractivity contribution is -0.125. The number of likely N-dealkylation sites (tertiary alicyclic amines) is 1. The number of rotatable bonds is 3. The van der Waals surface area contributed by atoms with Crippen LogP contribution in [0.5, 0.6) is 5.75 Å². The van der Waals surface area contributed by atoms with E-state index in [0.717, 1.165) is 31.5 Å². The predicted octanol–water partition coefficient (Wildman–Crippen LogP) is 3.10. The monoisotopic (exact) mass is 422 g/mol. The first kappa shape index (κ1) is 20.0. The van der Waals surface area contributed by atoms with Crippen molar-refractivity contribution in [2.75, 3.05) is 38.8 Å². The molecule has 0 saturated carbocycles. The van der Waals surface area contributed by atoms with E-state index in [1.54, 1.807) is 11.1 Å². The van der Waals surface area contributed by atoms with Gasteiger partial charge in [0, 0.05) is 19.2 Å². The first-order chi connectivity index (χ1) is 15.0. The molecule has 1 amide bonds. The smallest absolute Gasteiger partial charge is 0.270 e. The molecule has 0 aliphatic carbocycles. The van der Waals surface area contributed by atoms with E-state index < -0.39 is 0 Å². The van der Waals surface area contributed by atoms with Crippen molar-refractivity contribution in [1.82, 2.24) is 9.80 Å². The highest BCUT2D eigenvalue weighted by atomic mass is 19.1. The molecule has 31 heavy (non-hydrogen) atoms. The zero-order valence-electron chi connectivity index (χ0n) is 17.9. The summed E-state index contributed by atoms with van der Waals surface area (Å²) in [6.45, 7) is 2.34. The van der Waals surface area contributed by atoms with Gasteiger partial charge in [0.15, 0.2) is 0 Å². The third-order valence-electron chi connectivity index (χ3n) is 6.72. The summed E-state index contributed by atoms with van der Waals surface area (Å²) in [7, 11) is 3.99. The van der Waals surface area contributed by atoms with Gasteiger partial charge in [-0.25, -0.2) is 4.39 Å². The van der Waals surface area contributed by atoms with Crippen LogP contribution in [-0.4, -0.2) is 67.3 Å². The number of anilines is 1. The van der Waals surface area contributed by atoms with Gasteiger partial charge in [-0.2, -0.15) is 5.10 Å². The molecular formula is C24H27FN4O2. The maximum atomic E-state index is 14.0. The summed E-state index contributed by atoms with van der Waals surface area (Å²) in [5.41, 5.74) is 2.09. The van der Waals surface area contributed by atoms with Crippen LogP contribution in [0.25, 0.3) is 0 Å². The number of nitrogens with zero attached hydrogens (tertiary/aromatic N) is 4. The maximum absolute atomic E-state index is 14.0. The molecule has 3 aliphatic heterocycles. The van der Waals surface area contributed by atoms with Crippen molar-refractivity contribution in [2.45, 2.75) is 30.8 Å². The molecule has 1 fully saturated rings. The second-order valence-electron chi connectivity index (χ2n) is 8.66. The Hall–Kier alpha value is -2.93. The Labute approximate surface area is 181 Å². The zero-order valence-corrected chi connectivity index (χ0v) is 17.9. The van der Waals surface area contributed by atoms with Gasteiger partial charge < -0.3 is 14.5 Å². The molecule has 0 N–H and O–H groups in total. The Kier molecular flexibility index (Phi) is 5.14. The lowest BCUT2D eigenvalue weighted by Gasteiger charge is -2.36. The molecule has 2 aromatic rings. The molecule has 2 atom stereocenters. The third kappa shape index (κ3) is 3.57. The van der Waals surface area contributed by atoms with Crippen molar-refractivity contribution in [1.29, 1.82) is 0 Å². The van der Waals surface area contributed by atoms with E-state index in [9.17, 15) is 9.18 Å². The second kappa shape index (κ2) is 7.96. The van der Waals surface area contributed by atoms with Crippen LogP contribution in [0.4, 0.5) is 10.1 Å². The van der Waals surface area contributed by atoms with Crippen LogP contribution in [0.2, 0.25) is 0 Å². The molecule has 0 bridgehead atoms. The molecule has 6 nitrogen and oxygen atoms in total. The maximum Gasteiger partial charge on any atom is 0.270 e. The van der Waals surface area contributed by atoms with Crippen molar-refractivity contribution in [2.24, 2.45) is 5.10 Å². The van der Waals surface area contributed by atoms with E-state index in [1.165, 1.54) is 12.1 Å². The molecule has 0 unspecified atom stereocenters. The number of fused-ring (bicyclic) bond motifs is 3. The fourth-order valence-corrected chi connectivity index (χ4v) is 4.89. The fourth-order valence-electron chi connectivity index (χ4n) is 4.89. The number of carbonyl (C=O) groups is 1. The number of hydrazone groups is 1. The van der Waals surface area contributed by atoms with E-state index in [0.29, 0.717) is 23.8 Å². The quantitative estimate of drug-likeness (QED) is 0.763. The normalized spacial score (nSPS) is 23.6. The predicted molar refractivity (Wildman–Crippen MR) is 118 cm³/mol. The van der Waals surface area contributed by atoms with Gasteiger partial charge in [0.2, 0.25) is 0 Å². The van der Waals surface area contributed by atoms with Gasteiger partial charge in [-0.15, -0.1) is 0 Å². The van der Waals surface area contributed by atoms with E-state index in [-0.39, 0.29) is 29.7 Å². The summed E-state index contributed by atoms with van der Waals surface area (Å²) in [5.74, 6) is -0.0575. The van der Waals surface area contributed by atoms with Gasteiger partial charge in [0.25, 0.3) is 5.91 Å². The average Bonchev–Trinajstić information content (AvgIpc) is 3.19. The number of carbonyl (C=O) groups excluding carboxylic acids is 1. The summed E-state index contributed by atoms with van der Waals surface area (Å²) in [4.78, 5) is 17.8. The summed E-state index contributed by atoms with van der Waals surface area (Å²) in [6, 6.07) is 14.4. The van der Waals surface area contributed by atoms with Gasteiger partial charge in [-0.1, -0.05) is 30.3 Å². The highest BCUT2D eigenvalue weighted by Gasteiger charge is 2.46. The molecule has 7 heteroatoms. The SMILES string of the molecule is CN1CCC(N(C)C(=O)C2=NN3c4cc(F)ccc4OC[C@H]3[C@H]2c2ccccc2)CC1. The Morgan fingerprint density at radius 1 is 1.16 bits per heavy atom. The number of ether oxygens (including phenoxy) is 1. The minimum Gasteiger partial charge on any atom is -0.489 e. The van der Waals surface area contributed by atoms with Crippen LogP contribution < -0.4 is 9.75 Å². The minimum atomic E-state index is -0.349. The summed E-state index contributed by atoms with van der Waals surface area (Å²) in [6.07, 6.45) is 1.90. The number of hydrogen-bond acceptors (Lipinski definition) is 5. The minimum absolute atomic E-state index is 0.0595. The molecule has 3 aliphatic rings. The third-order valence-corrected chi connectivity index (χ3v) is 6.72. The highest BCUT2D eigenvalue weighted by Crippen LogP contribution is 2.43. The largest absolute Gasteiger partial charge is 0.489 e. The molecule has 162 valence electrons. The summed E-state index contributed by atoms with van der Waals surface area (Å²) >= 11 is 0. The Balaban J connectivity index is 1.51. The van der Waals surface area contributed by atoms with Crippen LogP contribution in [0, 0.1) is 5.82 Å². The Morgan fingerprint density at radius 3 is 2.65 bits per heavy atom. The lowest BCUT2D eigenvalue weighted by atomic mass is 9.86. The van der Waals surface area contributed by atoms with Gasteiger partial charge in [-0.3, -0.25) is 9.80 Å². The number of halogens is 1. The van der Waals surface area contributed by atoms with E-state index >= 15 is 0 Å². The van der Waals surface area contributed by atoms with Crippen molar-refractivity contribution in [3.05, 3.63) is 59.9 Å². The Morgan fingerprint density at radius 2 is 1.90 bits per heavy atom. The molecule has 1 saturated heterocycles. The van der Waals surface area contributed by atoms with Crippen LogP contribution in [0.1, 0.15) is 24.3 Å². The van der Waals surface area contributed by atoms with Gasteiger partial charge >= 0.3 is 0 Å². The van der Waals surface area contributed by atoms with E-state index in [1.807, 2.05) is 42.3 Å². The number of amides is 1. The topological polar surface area (TPSA) is 48.4 Å². The van der Waals surface area contributed by atoms with Crippen LogP contribution in [0.3, 0.4) is 0 Å². The van der Waals surface area contributed by atoms with Crippen molar-refractivity contribution >= 4 is 17.3 Å². The fraction of sp³-hybridized carbons (Fsp3) is 0.417. The van der Waals surface area contributed by atoms with Gasteiger partial charge in [0.1, 0.15) is 29.6 Å². The van der Waals surface area contributed by atoms with Crippen LogP contribution in [-0.2, 0) is 4.79 Å². The zero-order chi connectivity index (χ0) is 21.5.